The van der Waals surface area contributed by atoms with Crippen LogP contribution in [0.1, 0.15) is 6.92 Å². The van der Waals surface area contributed by atoms with Crippen molar-refractivity contribution in [3.05, 3.63) is 0 Å². The maximum absolute atomic E-state index is 12.8. The summed E-state index contributed by atoms with van der Waals surface area (Å²) in [7, 11) is 0. The van der Waals surface area contributed by atoms with Crippen molar-refractivity contribution in [1.29, 1.82) is 0 Å². The first-order chi connectivity index (χ1) is 6.21. The molecule has 92 valence electrons. The molecule has 0 aliphatic heterocycles. The molecule has 2 atom stereocenters. The molecular weight excluding hydrogens is 313 g/mol. The normalized spacial score (nSPS) is 22.0. The van der Waals surface area contributed by atoms with Crippen molar-refractivity contribution in [2.24, 2.45) is 0 Å². The molecule has 0 aromatic carbocycles. The third-order valence-electron chi connectivity index (χ3n) is 1.10. The van der Waals surface area contributed by atoms with Crippen LogP contribution in [0.25, 0.3) is 0 Å². The number of hydrogen-bond acceptors (Lipinski definition) is 1. The smallest absolute Gasteiger partial charge is 0.261 e. The average Bonchev–Trinajstić information content (AvgIpc) is 1.77. The second-order valence-corrected chi connectivity index (χ2v) is 4.95. The summed E-state index contributed by atoms with van der Waals surface area (Å²) < 4.78 is 62.0. The van der Waals surface area contributed by atoms with Crippen LogP contribution < -0.4 is 0 Å². The van der Waals surface area contributed by atoms with Gasteiger partial charge in [-0.1, -0.05) is 34.8 Å². The Morgan fingerprint density at radius 1 is 0.867 bits per heavy atom. The zero-order valence-electron chi connectivity index (χ0n) is 6.81. The van der Waals surface area contributed by atoms with Gasteiger partial charge in [0.25, 0.3) is 5.13 Å². The fourth-order valence-electron chi connectivity index (χ4n) is 0.308. The Balaban J connectivity index is 4.89. The van der Waals surface area contributed by atoms with E-state index in [1.165, 1.54) is 0 Å². The molecule has 0 radical (unpaired) electrons. The Morgan fingerprint density at radius 3 is 1.40 bits per heavy atom. The van der Waals surface area contributed by atoms with Crippen molar-refractivity contribution in [3.8, 4) is 0 Å². The van der Waals surface area contributed by atoms with Gasteiger partial charge in [0.1, 0.15) is 0 Å². The highest BCUT2D eigenvalue weighted by atomic mass is 35.5. The summed E-state index contributed by atoms with van der Waals surface area (Å²) >= 11 is 17.9. The van der Waals surface area contributed by atoms with Gasteiger partial charge in [-0.2, -0.15) is 17.6 Å². The maximum atomic E-state index is 12.8. The highest BCUT2D eigenvalue weighted by molar-refractivity contribution is 6.51. The van der Waals surface area contributed by atoms with Gasteiger partial charge in [-0.05, 0) is 18.5 Å². The average molecular weight is 316 g/mol. The van der Waals surface area contributed by atoms with E-state index in [0.29, 0.717) is 0 Å². The van der Waals surface area contributed by atoms with Gasteiger partial charge in [-0.15, -0.1) is 0 Å². The van der Waals surface area contributed by atoms with Crippen molar-refractivity contribution in [1.82, 2.24) is 0 Å². The van der Waals surface area contributed by atoms with E-state index in [0.717, 1.165) is 0 Å². The SMILES string of the molecule is CC(F)(Cl)C(F)(F)OC(F)(Cl)C(F)(Cl)Cl. The lowest BCUT2D eigenvalue weighted by Gasteiger charge is -2.31. The number of halogens is 9. The van der Waals surface area contributed by atoms with Gasteiger partial charge in [0, 0.05) is 0 Å². The monoisotopic (exact) mass is 314 g/mol. The second-order valence-electron chi connectivity index (χ2n) is 2.52. The second kappa shape index (κ2) is 4.22. The Bertz CT molecular complexity index is 209. The van der Waals surface area contributed by atoms with Crippen molar-refractivity contribution in [2.75, 3.05) is 0 Å². The standard InChI is InChI=1S/C5H3Cl4F5O/c1-2(6,10)5(13,14)15-4(9,12)3(7,8)11/h1H3. The number of rotatable bonds is 4. The van der Waals surface area contributed by atoms with Crippen LogP contribution >= 0.6 is 46.4 Å². The lowest BCUT2D eigenvalue weighted by Crippen LogP contribution is -2.49. The molecule has 0 amide bonds. The molecule has 0 N–H and O–H groups in total. The van der Waals surface area contributed by atoms with Crippen LogP contribution in [-0.2, 0) is 4.74 Å². The summed E-state index contributed by atoms with van der Waals surface area (Å²) in [5, 5.41) is -8.18. The van der Waals surface area contributed by atoms with E-state index in [2.05, 4.69) is 51.1 Å². The number of ether oxygens (including phenoxy) is 1. The molecule has 0 heterocycles. The Labute approximate surface area is 101 Å². The van der Waals surface area contributed by atoms with Crippen LogP contribution in [0.15, 0.2) is 0 Å². The highest BCUT2D eigenvalue weighted by Crippen LogP contribution is 2.49. The van der Waals surface area contributed by atoms with Gasteiger partial charge < -0.3 is 0 Å². The molecular formula is C5H3Cl4F5O. The summed E-state index contributed by atoms with van der Waals surface area (Å²) in [5.74, 6) is 0. The van der Waals surface area contributed by atoms with Gasteiger partial charge in [0.15, 0.2) is 0 Å². The summed E-state index contributed by atoms with van der Waals surface area (Å²) in [5.41, 5.74) is 0. The third-order valence-corrected chi connectivity index (χ3v) is 2.33. The molecule has 0 saturated heterocycles. The first-order valence-corrected chi connectivity index (χ1v) is 4.62. The number of hydrogen-bond donors (Lipinski definition) is 0. The van der Waals surface area contributed by atoms with Crippen molar-refractivity contribution in [2.45, 2.75) is 28.1 Å². The van der Waals surface area contributed by atoms with E-state index in [4.69, 9.17) is 0 Å². The van der Waals surface area contributed by atoms with Crippen molar-refractivity contribution >= 4 is 46.4 Å². The van der Waals surface area contributed by atoms with E-state index in [-0.39, 0.29) is 6.92 Å². The van der Waals surface area contributed by atoms with E-state index in [1.54, 1.807) is 0 Å². The molecule has 1 nitrogen and oxygen atoms in total. The molecule has 0 aliphatic carbocycles. The van der Waals surface area contributed by atoms with E-state index in [1.807, 2.05) is 0 Å². The third kappa shape index (κ3) is 3.93. The van der Waals surface area contributed by atoms with Crippen LogP contribution in [0.3, 0.4) is 0 Å². The van der Waals surface area contributed by atoms with Crippen LogP contribution in [0, 0.1) is 0 Å². The predicted octanol–water partition coefficient (Wildman–Crippen LogP) is 4.48. The maximum Gasteiger partial charge on any atom is 0.407 e. The van der Waals surface area contributed by atoms with E-state index >= 15 is 0 Å². The molecule has 0 aromatic heterocycles. The van der Waals surface area contributed by atoms with Gasteiger partial charge in [-0.25, -0.2) is 4.39 Å². The minimum absolute atomic E-state index is 0.143. The molecule has 0 rings (SSSR count). The van der Waals surface area contributed by atoms with E-state index < -0.39 is 21.1 Å². The van der Waals surface area contributed by atoms with E-state index in [9.17, 15) is 22.0 Å². The molecule has 0 saturated carbocycles. The predicted molar refractivity (Wildman–Crippen MR) is 46.6 cm³/mol. The summed E-state index contributed by atoms with van der Waals surface area (Å²) in [6.07, 6.45) is -4.94. The minimum Gasteiger partial charge on any atom is -0.261 e. The van der Waals surface area contributed by atoms with Crippen LogP contribution in [0.2, 0.25) is 0 Å². The molecule has 0 spiro atoms. The lowest BCUT2D eigenvalue weighted by molar-refractivity contribution is -0.344. The van der Waals surface area contributed by atoms with Gasteiger partial charge in [0.2, 0.25) is 0 Å². The summed E-state index contributed by atoms with van der Waals surface area (Å²) in [4.78, 5) is 0. The molecule has 0 aromatic rings. The number of alkyl halides is 9. The van der Waals surface area contributed by atoms with Crippen LogP contribution in [0.4, 0.5) is 22.0 Å². The Hall–Kier alpha value is 0.770. The molecule has 0 bridgehead atoms. The highest BCUT2D eigenvalue weighted by Gasteiger charge is 2.63. The topological polar surface area (TPSA) is 9.23 Å². The first-order valence-electron chi connectivity index (χ1n) is 3.11. The van der Waals surface area contributed by atoms with Crippen molar-refractivity contribution in [3.63, 3.8) is 0 Å². The van der Waals surface area contributed by atoms with Crippen LogP contribution in [0.5, 0.6) is 0 Å². The minimum atomic E-state index is -4.94. The van der Waals surface area contributed by atoms with Crippen molar-refractivity contribution < 1.29 is 26.7 Å². The lowest BCUT2D eigenvalue weighted by atomic mass is 10.4. The van der Waals surface area contributed by atoms with Crippen LogP contribution in [-0.4, -0.2) is 21.1 Å². The fraction of sp³-hybridized carbons (Fsp3) is 1.00. The van der Waals surface area contributed by atoms with Gasteiger partial charge >= 0.3 is 16.0 Å². The zero-order valence-corrected chi connectivity index (χ0v) is 9.83. The molecule has 0 aliphatic rings. The first kappa shape index (κ1) is 15.8. The molecule has 15 heavy (non-hydrogen) atoms. The molecule has 10 heteroatoms. The Kier molecular flexibility index (Phi) is 4.43. The summed E-state index contributed by atoms with van der Waals surface area (Å²) in [6.45, 7) is 0.143. The molecule has 0 fully saturated rings. The van der Waals surface area contributed by atoms with Gasteiger partial charge in [0.05, 0.1) is 0 Å². The Morgan fingerprint density at radius 2 is 1.20 bits per heavy atom. The summed E-state index contributed by atoms with van der Waals surface area (Å²) in [6, 6.07) is 0. The molecule has 2 unspecified atom stereocenters. The largest absolute Gasteiger partial charge is 0.407 e. The quantitative estimate of drug-likeness (QED) is 0.549. The zero-order chi connectivity index (χ0) is 12.7. The fourth-order valence-corrected chi connectivity index (χ4v) is 0.521. The van der Waals surface area contributed by atoms with Gasteiger partial charge in [-0.3, -0.25) is 4.74 Å².